The van der Waals surface area contributed by atoms with Crippen LogP contribution in [0.15, 0.2) is 12.7 Å². The number of carboxylic acid groups (broad SMARTS) is 1. The van der Waals surface area contributed by atoms with Crippen LogP contribution in [0.5, 0.6) is 0 Å². The summed E-state index contributed by atoms with van der Waals surface area (Å²) in [5.74, 6) is -1.33. The van der Waals surface area contributed by atoms with Crippen molar-refractivity contribution < 1.29 is 24.1 Å². The molecule has 1 aliphatic rings. The lowest BCUT2D eigenvalue weighted by molar-refractivity contribution is -0.293. The Morgan fingerprint density at radius 2 is 2.17 bits per heavy atom. The molecule has 1 fully saturated rings. The third-order valence-corrected chi connectivity index (χ3v) is 4.65. The molecule has 0 amide bonds. The van der Waals surface area contributed by atoms with Gasteiger partial charge in [-0.1, -0.05) is 0 Å². The van der Waals surface area contributed by atoms with Crippen molar-refractivity contribution >= 4 is 23.0 Å². The number of anilines is 1. The van der Waals surface area contributed by atoms with Gasteiger partial charge >= 0.3 is 5.97 Å². The van der Waals surface area contributed by atoms with E-state index in [2.05, 4.69) is 15.0 Å². The minimum Gasteiger partial charge on any atom is -0.481 e. The lowest BCUT2D eigenvalue weighted by Gasteiger charge is -2.37. The molecule has 3 rings (SSSR count). The Morgan fingerprint density at radius 1 is 1.38 bits per heavy atom. The van der Waals surface area contributed by atoms with Crippen LogP contribution in [-0.4, -0.2) is 80.7 Å². The van der Waals surface area contributed by atoms with Gasteiger partial charge in [-0.3, -0.25) is 9.36 Å². The molecule has 1 aliphatic heterocycles. The molecule has 0 aliphatic carbocycles. The number of imidazole rings is 1. The van der Waals surface area contributed by atoms with Crippen LogP contribution in [0, 0.1) is 0 Å². The third-order valence-electron chi connectivity index (χ3n) is 4.65. The number of rotatable bonds is 7. The number of likely N-dealkylation sites (N-methyl/N-ethyl adjacent to an activating group) is 1. The average molecular weight is 408 g/mol. The first-order valence-corrected chi connectivity index (χ1v) is 9.52. The van der Waals surface area contributed by atoms with Gasteiger partial charge in [-0.15, -0.1) is 0 Å². The molecule has 0 aromatic carbocycles. The van der Waals surface area contributed by atoms with Gasteiger partial charge in [0.2, 0.25) is 0 Å². The van der Waals surface area contributed by atoms with E-state index in [1.807, 2.05) is 25.8 Å². The normalized spacial score (nSPS) is 22.5. The predicted molar refractivity (Wildman–Crippen MR) is 104 cm³/mol. The first-order valence-electron chi connectivity index (χ1n) is 9.52. The maximum absolute atomic E-state index is 10.7. The monoisotopic (exact) mass is 408 g/mol. The molecule has 29 heavy (non-hydrogen) atoms. The molecular formula is C18H28N6O5. The highest BCUT2D eigenvalue weighted by Gasteiger charge is 2.32. The molecule has 0 radical (unpaired) electrons. The lowest BCUT2D eigenvalue weighted by atomic mass is 10.2. The predicted octanol–water partition coefficient (Wildman–Crippen LogP) is 0.872. The van der Waals surface area contributed by atoms with Gasteiger partial charge in [-0.05, 0) is 33.9 Å². The summed E-state index contributed by atoms with van der Waals surface area (Å²) in [5.41, 5.74) is 6.94. The van der Waals surface area contributed by atoms with Gasteiger partial charge in [0.25, 0.3) is 0 Å². The SMILES string of the molecule is CN(CCCC(=O)O)CC1COC(C)(C)OC(n2cnc3c(N)ncnc32)CO1. The number of hydrogen-bond acceptors (Lipinski definition) is 9. The van der Waals surface area contributed by atoms with Crippen molar-refractivity contribution in [2.24, 2.45) is 0 Å². The van der Waals surface area contributed by atoms with Gasteiger partial charge in [0.15, 0.2) is 23.5 Å². The van der Waals surface area contributed by atoms with Crippen molar-refractivity contribution in [1.29, 1.82) is 0 Å². The van der Waals surface area contributed by atoms with E-state index < -0.39 is 18.0 Å². The summed E-state index contributed by atoms with van der Waals surface area (Å²) in [7, 11) is 1.94. The Kier molecular flexibility index (Phi) is 6.63. The van der Waals surface area contributed by atoms with Crippen molar-refractivity contribution in [3.63, 3.8) is 0 Å². The largest absolute Gasteiger partial charge is 0.481 e. The van der Waals surface area contributed by atoms with Crippen LogP contribution in [0.1, 0.15) is 32.9 Å². The maximum atomic E-state index is 10.7. The van der Waals surface area contributed by atoms with Crippen molar-refractivity contribution in [3.8, 4) is 0 Å². The van der Waals surface area contributed by atoms with Gasteiger partial charge in [0.1, 0.15) is 11.8 Å². The number of nitrogens with two attached hydrogens (primary N) is 1. The molecule has 0 spiro atoms. The van der Waals surface area contributed by atoms with Crippen molar-refractivity contribution in [2.45, 2.75) is 44.8 Å². The summed E-state index contributed by atoms with van der Waals surface area (Å²) in [6.45, 7) is 5.61. The molecule has 2 atom stereocenters. The molecule has 11 nitrogen and oxygen atoms in total. The van der Waals surface area contributed by atoms with E-state index in [1.54, 1.807) is 10.9 Å². The van der Waals surface area contributed by atoms with Crippen LogP contribution >= 0.6 is 0 Å². The number of fused-ring (bicyclic) bond motifs is 1. The zero-order chi connectivity index (χ0) is 21.0. The van der Waals surface area contributed by atoms with E-state index in [0.29, 0.717) is 43.1 Å². The van der Waals surface area contributed by atoms with Crippen LogP contribution in [0.25, 0.3) is 11.2 Å². The second-order valence-electron chi connectivity index (χ2n) is 7.58. The minimum absolute atomic E-state index is 0.147. The highest BCUT2D eigenvalue weighted by atomic mass is 16.7. The Balaban J connectivity index is 1.69. The fourth-order valence-electron chi connectivity index (χ4n) is 3.22. The topological polar surface area (TPSA) is 138 Å². The number of carboxylic acids is 1. The second kappa shape index (κ2) is 8.99. The van der Waals surface area contributed by atoms with Gasteiger partial charge in [-0.25, -0.2) is 15.0 Å². The summed E-state index contributed by atoms with van der Waals surface area (Å²) in [5, 5.41) is 8.78. The van der Waals surface area contributed by atoms with Crippen LogP contribution in [0.3, 0.4) is 0 Å². The van der Waals surface area contributed by atoms with Gasteiger partial charge in [0, 0.05) is 13.0 Å². The Labute approximate surface area is 168 Å². The number of aromatic nitrogens is 4. The zero-order valence-corrected chi connectivity index (χ0v) is 16.9. The van der Waals surface area contributed by atoms with Crippen molar-refractivity contribution in [3.05, 3.63) is 12.7 Å². The van der Waals surface area contributed by atoms with Crippen molar-refractivity contribution in [1.82, 2.24) is 24.4 Å². The Bertz CT molecular complexity index is 841. The molecule has 0 bridgehead atoms. The number of aliphatic carboxylic acids is 1. The van der Waals surface area contributed by atoms with Crippen LogP contribution in [-0.2, 0) is 19.0 Å². The van der Waals surface area contributed by atoms with Gasteiger partial charge in [0.05, 0.1) is 25.6 Å². The summed E-state index contributed by atoms with van der Waals surface area (Å²) in [4.78, 5) is 25.3. The van der Waals surface area contributed by atoms with Crippen LogP contribution in [0.2, 0.25) is 0 Å². The van der Waals surface area contributed by atoms with E-state index >= 15 is 0 Å². The summed E-state index contributed by atoms with van der Waals surface area (Å²) in [6, 6.07) is 0. The van der Waals surface area contributed by atoms with Crippen molar-refractivity contribution in [2.75, 3.05) is 39.1 Å². The summed E-state index contributed by atoms with van der Waals surface area (Å²) in [6.07, 6.45) is 3.02. The van der Waals surface area contributed by atoms with E-state index in [-0.39, 0.29) is 19.1 Å². The number of nitrogens with zero attached hydrogens (tertiary/aromatic N) is 5. The second-order valence-corrected chi connectivity index (χ2v) is 7.58. The van der Waals surface area contributed by atoms with Gasteiger partial charge < -0.3 is 30.0 Å². The molecule has 1 saturated heterocycles. The number of nitrogen functional groups attached to an aromatic ring is 1. The summed E-state index contributed by atoms with van der Waals surface area (Å²) < 4.78 is 19.9. The first kappa shape index (κ1) is 21.4. The van der Waals surface area contributed by atoms with Crippen LogP contribution in [0.4, 0.5) is 5.82 Å². The van der Waals surface area contributed by atoms with Gasteiger partial charge in [-0.2, -0.15) is 0 Å². The van der Waals surface area contributed by atoms with E-state index in [9.17, 15) is 4.79 Å². The smallest absolute Gasteiger partial charge is 0.303 e. The lowest BCUT2D eigenvalue weighted by Crippen LogP contribution is -2.44. The van der Waals surface area contributed by atoms with E-state index in [4.69, 9.17) is 25.1 Å². The molecule has 160 valence electrons. The fraction of sp³-hybridized carbons (Fsp3) is 0.667. The molecule has 3 heterocycles. The zero-order valence-electron chi connectivity index (χ0n) is 16.9. The Morgan fingerprint density at radius 3 is 2.93 bits per heavy atom. The maximum Gasteiger partial charge on any atom is 0.303 e. The Hall–Kier alpha value is -2.34. The molecule has 2 unspecified atom stereocenters. The molecule has 3 N–H and O–H groups in total. The number of carbonyl (C=O) groups is 1. The molecule has 2 aromatic rings. The minimum atomic E-state index is -0.844. The number of hydrogen-bond donors (Lipinski definition) is 2. The molecule has 2 aromatic heterocycles. The van der Waals surface area contributed by atoms with E-state index in [0.717, 1.165) is 0 Å². The highest BCUT2D eigenvalue weighted by molar-refractivity contribution is 5.81. The van der Waals surface area contributed by atoms with Crippen LogP contribution < -0.4 is 5.73 Å². The number of ether oxygens (including phenoxy) is 3. The molecule has 11 heteroatoms. The third kappa shape index (κ3) is 5.60. The average Bonchev–Trinajstić information content (AvgIpc) is 3.06. The first-order chi connectivity index (χ1) is 13.7. The standard InChI is InChI=1S/C18H28N6O5/c1-18(2)28-8-12(7-23(3)6-4-5-14(25)26)27-9-13(29-18)24-11-22-15-16(19)20-10-21-17(15)24/h10-13H,4-9H2,1-3H3,(H,25,26)(H2,19,20,21). The quantitative estimate of drug-likeness (QED) is 0.678. The molecular weight excluding hydrogens is 380 g/mol. The van der Waals surface area contributed by atoms with E-state index in [1.165, 1.54) is 6.33 Å². The molecule has 0 saturated carbocycles. The highest BCUT2D eigenvalue weighted by Crippen LogP contribution is 2.27. The summed E-state index contributed by atoms with van der Waals surface area (Å²) >= 11 is 0. The fourth-order valence-corrected chi connectivity index (χ4v) is 3.22.